The molecule has 2 amide bonds. The van der Waals surface area contributed by atoms with E-state index in [0.29, 0.717) is 33.3 Å². The molecule has 160 valence electrons. The van der Waals surface area contributed by atoms with E-state index in [1.807, 2.05) is 25.1 Å². The van der Waals surface area contributed by atoms with Crippen LogP contribution in [-0.4, -0.2) is 36.7 Å². The third-order valence-electron chi connectivity index (χ3n) is 4.09. The van der Waals surface area contributed by atoms with Crippen LogP contribution in [0.1, 0.15) is 25.9 Å². The molecule has 0 saturated heterocycles. The predicted octanol–water partition coefficient (Wildman–Crippen LogP) is 3.55. The van der Waals surface area contributed by atoms with Crippen molar-refractivity contribution in [2.45, 2.75) is 13.8 Å². The molecular weight excluding hydrogens is 416 g/mol. The Morgan fingerprint density at radius 3 is 2.58 bits per heavy atom. The number of carbonyl (C=O) groups is 2. The van der Waals surface area contributed by atoms with Crippen molar-refractivity contribution in [3.63, 3.8) is 0 Å². The minimum absolute atomic E-state index is 0.164. The molecule has 0 atom stereocenters. The van der Waals surface area contributed by atoms with Crippen LogP contribution in [-0.2, 0) is 4.79 Å². The Labute approximate surface area is 183 Å². The number of hydrazone groups is 1. The quantitative estimate of drug-likeness (QED) is 0.414. The minimum atomic E-state index is -0.310. The molecule has 8 nitrogen and oxygen atoms in total. The lowest BCUT2D eigenvalue weighted by Gasteiger charge is -2.11. The van der Waals surface area contributed by atoms with E-state index in [2.05, 4.69) is 20.8 Å². The summed E-state index contributed by atoms with van der Waals surface area (Å²) in [6.45, 7) is 3.47. The monoisotopic (exact) mass is 438 g/mol. The fourth-order valence-electron chi connectivity index (χ4n) is 2.70. The van der Waals surface area contributed by atoms with Gasteiger partial charge in [0.05, 0.1) is 24.0 Å². The van der Waals surface area contributed by atoms with E-state index in [1.54, 1.807) is 37.3 Å². The molecule has 0 fully saturated rings. The van der Waals surface area contributed by atoms with Gasteiger partial charge in [0.15, 0.2) is 18.1 Å². The van der Waals surface area contributed by atoms with Crippen LogP contribution in [0, 0.1) is 13.8 Å². The summed E-state index contributed by atoms with van der Waals surface area (Å²) in [6.07, 6.45) is 1.50. The molecule has 31 heavy (non-hydrogen) atoms. The molecule has 2 N–H and O–H groups in total. The number of methoxy groups -OCH3 is 1. The second-order valence-corrected chi connectivity index (χ2v) is 7.66. The third kappa shape index (κ3) is 6.13. The Balaban J connectivity index is 1.57. The molecular formula is C22H22N4O4S. The minimum Gasteiger partial charge on any atom is -0.493 e. The van der Waals surface area contributed by atoms with Gasteiger partial charge >= 0.3 is 0 Å². The maximum Gasteiger partial charge on any atom is 0.283 e. The highest BCUT2D eigenvalue weighted by atomic mass is 32.1. The summed E-state index contributed by atoms with van der Waals surface area (Å²) in [5, 5.41) is 7.56. The molecule has 3 aromatic rings. The molecule has 9 heteroatoms. The van der Waals surface area contributed by atoms with Crippen molar-refractivity contribution in [2.75, 3.05) is 19.0 Å². The number of hydrogen-bond donors (Lipinski definition) is 2. The lowest BCUT2D eigenvalue weighted by atomic mass is 10.2. The number of para-hydroxylation sites is 1. The Hall–Kier alpha value is -3.72. The molecule has 0 aliphatic heterocycles. The number of nitrogens with zero attached hydrogens (tertiary/aromatic N) is 2. The summed E-state index contributed by atoms with van der Waals surface area (Å²) in [5.41, 5.74) is 4.55. The van der Waals surface area contributed by atoms with Crippen LogP contribution < -0.4 is 20.2 Å². The van der Waals surface area contributed by atoms with Gasteiger partial charge in [-0.25, -0.2) is 10.4 Å². The molecule has 1 aromatic heterocycles. The Morgan fingerprint density at radius 2 is 1.90 bits per heavy atom. The number of ether oxygens (including phenoxy) is 2. The van der Waals surface area contributed by atoms with Crippen molar-refractivity contribution >= 4 is 35.1 Å². The number of anilines is 1. The standard InChI is InChI=1S/C22H22N4O4S/c1-14-21(31-15(2)24-14)22(28)26-23-12-16-9-10-18(19(11-16)29-3)30-13-20(27)25-17-7-5-4-6-8-17/h4-12H,13H2,1-3H3,(H,25,27)(H,26,28)/b23-12+. The first-order valence-corrected chi connectivity index (χ1v) is 10.2. The molecule has 0 bridgehead atoms. The number of hydrogen-bond acceptors (Lipinski definition) is 7. The summed E-state index contributed by atoms with van der Waals surface area (Å²) in [7, 11) is 1.50. The van der Waals surface area contributed by atoms with Crippen LogP contribution in [0.5, 0.6) is 11.5 Å². The smallest absolute Gasteiger partial charge is 0.283 e. The highest BCUT2D eigenvalue weighted by molar-refractivity contribution is 7.13. The molecule has 3 rings (SSSR count). The number of amides is 2. The summed E-state index contributed by atoms with van der Waals surface area (Å²) in [4.78, 5) is 29.0. The number of rotatable bonds is 8. The second kappa shape index (κ2) is 10.4. The number of nitrogens with one attached hydrogen (secondary N) is 2. The van der Waals surface area contributed by atoms with Crippen LogP contribution in [0.4, 0.5) is 5.69 Å². The van der Waals surface area contributed by atoms with Crippen molar-refractivity contribution in [1.29, 1.82) is 0 Å². The molecule has 0 aliphatic rings. The van der Waals surface area contributed by atoms with Crippen LogP contribution in [0.15, 0.2) is 53.6 Å². The van der Waals surface area contributed by atoms with Gasteiger partial charge in [-0.1, -0.05) is 18.2 Å². The Morgan fingerprint density at radius 1 is 1.13 bits per heavy atom. The molecule has 0 spiro atoms. The zero-order valence-corrected chi connectivity index (χ0v) is 18.2. The zero-order chi connectivity index (χ0) is 22.2. The molecule has 0 unspecified atom stereocenters. The van der Waals surface area contributed by atoms with Crippen molar-refractivity contribution in [1.82, 2.24) is 10.4 Å². The average molecular weight is 439 g/mol. The second-order valence-electron chi connectivity index (χ2n) is 6.46. The summed E-state index contributed by atoms with van der Waals surface area (Å²) in [6, 6.07) is 14.2. The van der Waals surface area contributed by atoms with Gasteiger partial charge in [-0.05, 0) is 49.7 Å². The number of aryl methyl sites for hydroxylation is 2. The van der Waals surface area contributed by atoms with E-state index in [4.69, 9.17) is 9.47 Å². The highest BCUT2D eigenvalue weighted by Crippen LogP contribution is 2.27. The normalized spacial score (nSPS) is 10.7. The van der Waals surface area contributed by atoms with Gasteiger partial charge in [0, 0.05) is 5.69 Å². The van der Waals surface area contributed by atoms with Gasteiger partial charge < -0.3 is 14.8 Å². The Kier molecular flexibility index (Phi) is 7.34. The molecule has 2 aromatic carbocycles. The van der Waals surface area contributed by atoms with E-state index in [-0.39, 0.29) is 18.4 Å². The van der Waals surface area contributed by atoms with Crippen molar-refractivity contribution in [3.8, 4) is 11.5 Å². The van der Waals surface area contributed by atoms with Crippen LogP contribution in [0.2, 0.25) is 0 Å². The summed E-state index contributed by atoms with van der Waals surface area (Å²) < 4.78 is 10.9. The first kappa shape index (κ1) is 22.0. The van der Waals surface area contributed by atoms with Crippen LogP contribution in [0.25, 0.3) is 0 Å². The van der Waals surface area contributed by atoms with Gasteiger partial charge in [0.25, 0.3) is 11.8 Å². The van der Waals surface area contributed by atoms with Gasteiger partial charge in [-0.15, -0.1) is 11.3 Å². The predicted molar refractivity (Wildman–Crippen MR) is 120 cm³/mol. The number of benzene rings is 2. The Bertz CT molecular complexity index is 1100. The molecule has 1 heterocycles. The summed E-state index contributed by atoms with van der Waals surface area (Å²) >= 11 is 1.32. The van der Waals surface area contributed by atoms with E-state index in [1.165, 1.54) is 24.7 Å². The molecule has 0 saturated carbocycles. The van der Waals surface area contributed by atoms with Crippen molar-refractivity contribution in [3.05, 3.63) is 69.7 Å². The van der Waals surface area contributed by atoms with Crippen LogP contribution >= 0.6 is 11.3 Å². The molecule has 0 aliphatic carbocycles. The maximum absolute atomic E-state index is 12.2. The fraction of sp³-hybridized carbons (Fsp3) is 0.182. The lowest BCUT2D eigenvalue weighted by molar-refractivity contribution is -0.118. The van der Waals surface area contributed by atoms with Gasteiger partial charge in [0.1, 0.15) is 4.88 Å². The topological polar surface area (TPSA) is 102 Å². The van der Waals surface area contributed by atoms with E-state index in [9.17, 15) is 9.59 Å². The number of carbonyl (C=O) groups excluding carboxylic acids is 2. The number of thiazole rings is 1. The van der Waals surface area contributed by atoms with E-state index >= 15 is 0 Å². The zero-order valence-electron chi connectivity index (χ0n) is 17.3. The van der Waals surface area contributed by atoms with Gasteiger partial charge in [-0.2, -0.15) is 5.10 Å². The first-order chi connectivity index (χ1) is 15.0. The average Bonchev–Trinajstić information content (AvgIpc) is 3.11. The van der Waals surface area contributed by atoms with Crippen molar-refractivity contribution < 1.29 is 19.1 Å². The van der Waals surface area contributed by atoms with Crippen molar-refractivity contribution in [2.24, 2.45) is 5.10 Å². The van der Waals surface area contributed by atoms with Gasteiger partial charge in [-0.3, -0.25) is 9.59 Å². The van der Waals surface area contributed by atoms with E-state index < -0.39 is 0 Å². The number of aromatic nitrogens is 1. The highest BCUT2D eigenvalue weighted by Gasteiger charge is 2.13. The maximum atomic E-state index is 12.2. The van der Waals surface area contributed by atoms with E-state index in [0.717, 1.165) is 5.01 Å². The van der Waals surface area contributed by atoms with Crippen LogP contribution in [0.3, 0.4) is 0 Å². The first-order valence-electron chi connectivity index (χ1n) is 9.39. The third-order valence-corrected chi connectivity index (χ3v) is 5.17. The van der Waals surface area contributed by atoms with Gasteiger partial charge in [0.2, 0.25) is 0 Å². The lowest BCUT2D eigenvalue weighted by Crippen LogP contribution is -2.20. The molecule has 0 radical (unpaired) electrons. The summed E-state index contributed by atoms with van der Waals surface area (Å²) in [5.74, 6) is 0.269. The fourth-order valence-corrected chi connectivity index (χ4v) is 3.51. The SMILES string of the molecule is COc1cc(/C=N/NC(=O)c2sc(C)nc2C)ccc1OCC(=O)Nc1ccccc1. The largest absolute Gasteiger partial charge is 0.493 e.